The van der Waals surface area contributed by atoms with Crippen LogP contribution in [-0.4, -0.2) is 73.7 Å². The summed E-state index contributed by atoms with van der Waals surface area (Å²) in [5.74, 6) is 1.05. The van der Waals surface area contributed by atoms with Crippen molar-refractivity contribution in [3.05, 3.63) is 35.4 Å². The van der Waals surface area contributed by atoms with Gasteiger partial charge >= 0.3 is 0 Å². The molecule has 6 heteroatoms. The fourth-order valence-corrected chi connectivity index (χ4v) is 3.72. The second-order valence-corrected chi connectivity index (χ2v) is 7.23. The Hall–Kier alpha value is -1.73. The number of fused-ring (bicyclic) bond motifs is 1. The van der Waals surface area contributed by atoms with E-state index in [0.717, 1.165) is 56.1 Å². The molecule has 0 bridgehead atoms. The summed E-state index contributed by atoms with van der Waals surface area (Å²) in [7, 11) is 0. The van der Waals surface area contributed by atoms with E-state index >= 15 is 0 Å². The molecule has 3 heterocycles. The van der Waals surface area contributed by atoms with E-state index < -0.39 is 6.10 Å². The van der Waals surface area contributed by atoms with Crippen molar-refractivity contribution in [1.29, 1.82) is 0 Å². The summed E-state index contributed by atoms with van der Waals surface area (Å²) in [6.45, 7) is 8.61. The number of rotatable bonds is 3. The van der Waals surface area contributed by atoms with Gasteiger partial charge in [0, 0.05) is 43.7 Å². The predicted octanol–water partition coefficient (Wildman–Crippen LogP) is 1.57. The predicted molar refractivity (Wildman–Crippen MR) is 102 cm³/mol. The smallest absolute Gasteiger partial charge is 0.133 e. The summed E-state index contributed by atoms with van der Waals surface area (Å²) >= 11 is 0. The summed E-state index contributed by atoms with van der Waals surface area (Å²) in [4.78, 5) is 9.60. The lowest BCUT2D eigenvalue weighted by Crippen LogP contribution is -2.38. The number of benzene rings is 1. The maximum Gasteiger partial charge on any atom is 0.133 e. The monoisotopic (exact) mass is 357 g/mol. The molecule has 26 heavy (non-hydrogen) atoms. The second-order valence-electron chi connectivity index (χ2n) is 7.23. The van der Waals surface area contributed by atoms with Crippen LogP contribution in [0.2, 0.25) is 0 Å². The van der Waals surface area contributed by atoms with E-state index in [0.29, 0.717) is 19.8 Å². The first kappa shape index (κ1) is 17.7. The summed E-state index contributed by atoms with van der Waals surface area (Å²) < 4.78 is 11.0. The summed E-state index contributed by atoms with van der Waals surface area (Å²) in [5.41, 5.74) is 3.46. The van der Waals surface area contributed by atoms with Crippen LogP contribution >= 0.6 is 0 Å². The SMILES string of the molecule is Cc1ccc2cc(CN3CCOC[C@@H](O)C3)c(N3CCOCC3)nc2c1. The topological polar surface area (TPSA) is 58.1 Å². The Morgan fingerprint density at radius 1 is 1.12 bits per heavy atom. The Kier molecular flexibility index (Phi) is 5.36. The first-order chi connectivity index (χ1) is 12.7. The molecular weight excluding hydrogens is 330 g/mol. The number of aromatic nitrogens is 1. The third kappa shape index (κ3) is 3.99. The average molecular weight is 357 g/mol. The van der Waals surface area contributed by atoms with Gasteiger partial charge in [-0.25, -0.2) is 4.98 Å². The number of pyridine rings is 1. The van der Waals surface area contributed by atoms with Gasteiger partial charge in [-0.3, -0.25) is 4.90 Å². The van der Waals surface area contributed by atoms with E-state index in [1.165, 1.54) is 11.1 Å². The van der Waals surface area contributed by atoms with E-state index in [-0.39, 0.29) is 0 Å². The normalized spacial score (nSPS) is 22.5. The molecule has 0 unspecified atom stereocenters. The van der Waals surface area contributed by atoms with Crippen molar-refractivity contribution < 1.29 is 14.6 Å². The van der Waals surface area contributed by atoms with Crippen molar-refractivity contribution >= 4 is 16.7 Å². The van der Waals surface area contributed by atoms with Crippen molar-refractivity contribution in [2.75, 3.05) is 57.5 Å². The number of nitrogens with zero attached hydrogens (tertiary/aromatic N) is 3. The van der Waals surface area contributed by atoms with Gasteiger partial charge in [-0.2, -0.15) is 0 Å². The lowest BCUT2D eigenvalue weighted by atomic mass is 10.1. The minimum Gasteiger partial charge on any atom is -0.389 e. The van der Waals surface area contributed by atoms with Gasteiger partial charge < -0.3 is 19.5 Å². The first-order valence-electron chi connectivity index (χ1n) is 9.40. The maximum atomic E-state index is 10.0. The molecule has 0 saturated carbocycles. The van der Waals surface area contributed by atoms with Crippen molar-refractivity contribution in [3.8, 4) is 0 Å². The van der Waals surface area contributed by atoms with Crippen LogP contribution in [0.25, 0.3) is 10.9 Å². The third-order valence-corrected chi connectivity index (χ3v) is 5.06. The molecule has 140 valence electrons. The molecule has 2 aromatic rings. The van der Waals surface area contributed by atoms with Gasteiger partial charge in [-0.05, 0) is 24.6 Å². The molecule has 2 aliphatic rings. The Balaban J connectivity index is 1.69. The summed E-state index contributed by atoms with van der Waals surface area (Å²) in [6, 6.07) is 8.67. The molecule has 1 aromatic carbocycles. The molecule has 6 nitrogen and oxygen atoms in total. The lowest BCUT2D eigenvalue weighted by Gasteiger charge is -2.31. The molecule has 1 N–H and O–H groups in total. The van der Waals surface area contributed by atoms with Gasteiger partial charge in [0.1, 0.15) is 5.82 Å². The van der Waals surface area contributed by atoms with Crippen LogP contribution in [0.4, 0.5) is 5.82 Å². The van der Waals surface area contributed by atoms with Crippen LogP contribution in [0, 0.1) is 6.92 Å². The van der Waals surface area contributed by atoms with Crippen LogP contribution in [0.15, 0.2) is 24.3 Å². The van der Waals surface area contributed by atoms with E-state index in [1.54, 1.807) is 0 Å². The zero-order chi connectivity index (χ0) is 17.9. The van der Waals surface area contributed by atoms with Crippen molar-refractivity contribution in [3.63, 3.8) is 0 Å². The lowest BCUT2D eigenvalue weighted by molar-refractivity contribution is 0.0562. The largest absolute Gasteiger partial charge is 0.389 e. The number of hydrogen-bond acceptors (Lipinski definition) is 6. The minimum absolute atomic E-state index is 0.419. The molecule has 1 atom stereocenters. The van der Waals surface area contributed by atoms with Gasteiger partial charge in [0.05, 0.1) is 38.0 Å². The van der Waals surface area contributed by atoms with Crippen LogP contribution in [0.1, 0.15) is 11.1 Å². The highest BCUT2D eigenvalue weighted by atomic mass is 16.5. The van der Waals surface area contributed by atoms with Crippen molar-refractivity contribution in [1.82, 2.24) is 9.88 Å². The highest BCUT2D eigenvalue weighted by Crippen LogP contribution is 2.26. The zero-order valence-corrected chi connectivity index (χ0v) is 15.4. The van der Waals surface area contributed by atoms with Gasteiger partial charge in [0.25, 0.3) is 0 Å². The van der Waals surface area contributed by atoms with Gasteiger partial charge in [0.2, 0.25) is 0 Å². The highest BCUT2D eigenvalue weighted by Gasteiger charge is 2.21. The van der Waals surface area contributed by atoms with Gasteiger partial charge in [-0.1, -0.05) is 12.1 Å². The second kappa shape index (κ2) is 7.88. The molecule has 0 amide bonds. The molecular formula is C20H27N3O3. The van der Waals surface area contributed by atoms with Crippen molar-refractivity contribution in [2.24, 2.45) is 0 Å². The molecule has 2 saturated heterocycles. The van der Waals surface area contributed by atoms with E-state index in [1.807, 2.05) is 0 Å². The Morgan fingerprint density at radius 2 is 1.92 bits per heavy atom. The average Bonchev–Trinajstić information content (AvgIpc) is 2.86. The van der Waals surface area contributed by atoms with Crippen LogP contribution in [0.3, 0.4) is 0 Å². The van der Waals surface area contributed by atoms with E-state index in [4.69, 9.17) is 14.5 Å². The molecule has 0 aliphatic carbocycles. The third-order valence-electron chi connectivity index (χ3n) is 5.06. The quantitative estimate of drug-likeness (QED) is 0.900. The molecule has 2 fully saturated rings. The minimum atomic E-state index is -0.430. The molecule has 2 aliphatic heterocycles. The van der Waals surface area contributed by atoms with Gasteiger partial charge in [0.15, 0.2) is 0 Å². The number of anilines is 1. The van der Waals surface area contributed by atoms with E-state index in [9.17, 15) is 5.11 Å². The number of aryl methyl sites for hydroxylation is 1. The van der Waals surface area contributed by atoms with Gasteiger partial charge in [-0.15, -0.1) is 0 Å². The fourth-order valence-electron chi connectivity index (χ4n) is 3.72. The Labute approximate surface area is 154 Å². The number of aliphatic hydroxyl groups is 1. The molecule has 0 radical (unpaired) electrons. The molecule has 4 rings (SSSR count). The number of aliphatic hydroxyl groups excluding tert-OH is 1. The Bertz CT molecular complexity index is 761. The number of morpholine rings is 1. The summed E-state index contributed by atoms with van der Waals surface area (Å²) in [6.07, 6.45) is -0.430. The highest BCUT2D eigenvalue weighted by molar-refractivity contribution is 5.82. The molecule has 0 spiro atoms. The molecule has 1 aromatic heterocycles. The number of ether oxygens (including phenoxy) is 2. The van der Waals surface area contributed by atoms with E-state index in [2.05, 4.69) is 41.0 Å². The summed E-state index contributed by atoms with van der Waals surface area (Å²) in [5, 5.41) is 11.2. The first-order valence-corrected chi connectivity index (χ1v) is 9.40. The number of β-amino-alcohol motifs (C(OH)–C–C–N with tert-alkyl or cyclic N) is 1. The van der Waals surface area contributed by atoms with Crippen LogP contribution in [-0.2, 0) is 16.0 Å². The van der Waals surface area contributed by atoms with Crippen molar-refractivity contribution in [2.45, 2.75) is 19.6 Å². The van der Waals surface area contributed by atoms with Crippen LogP contribution < -0.4 is 4.90 Å². The number of hydrogen-bond donors (Lipinski definition) is 1. The Morgan fingerprint density at radius 3 is 2.77 bits per heavy atom. The zero-order valence-electron chi connectivity index (χ0n) is 15.4. The fraction of sp³-hybridized carbons (Fsp3) is 0.550. The van der Waals surface area contributed by atoms with Crippen LogP contribution in [0.5, 0.6) is 0 Å². The standard InChI is InChI=1S/C20H27N3O3/c1-15-2-3-16-11-17(12-22-4-7-26-14-18(24)13-22)20(21-19(16)10-15)23-5-8-25-9-6-23/h2-3,10-11,18,24H,4-9,12-14H2,1H3/t18-/m0/s1. The maximum absolute atomic E-state index is 10.0.